The average Bonchev–Trinajstić information content (AvgIpc) is 3.21. The topological polar surface area (TPSA) is 84.0 Å². The van der Waals surface area contributed by atoms with Crippen LogP contribution in [-0.2, 0) is 11.2 Å². The number of carbonyl (C=O) groups excluding carboxylic acids is 2. The van der Waals surface area contributed by atoms with Crippen molar-refractivity contribution in [3.8, 4) is 0 Å². The second-order valence-corrected chi connectivity index (χ2v) is 7.62. The van der Waals surface area contributed by atoms with E-state index >= 15 is 0 Å². The lowest BCUT2D eigenvalue weighted by Gasteiger charge is -1.99. The Bertz CT molecular complexity index is 823. The summed E-state index contributed by atoms with van der Waals surface area (Å²) in [6.45, 7) is 1.93. The largest absolute Gasteiger partial charge is 0.302 e. The predicted octanol–water partition coefficient (Wildman–Crippen LogP) is 3.40. The Kier molecular flexibility index (Phi) is 4.79. The van der Waals surface area contributed by atoms with Crippen molar-refractivity contribution in [3.05, 3.63) is 44.5 Å². The number of carbonyl (C=O) groups is 2. The number of aryl methyl sites for hydroxylation is 1. The number of nitrogens with zero attached hydrogens (tertiary/aromatic N) is 2. The minimum atomic E-state index is -0.191. The summed E-state index contributed by atoms with van der Waals surface area (Å²) >= 11 is 4.08. The highest BCUT2D eigenvalue weighted by atomic mass is 32.1. The van der Waals surface area contributed by atoms with Gasteiger partial charge in [0.1, 0.15) is 0 Å². The molecule has 3 heterocycles. The van der Waals surface area contributed by atoms with Gasteiger partial charge in [-0.05, 0) is 18.4 Å². The Morgan fingerprint density at radius 3 is 2.78 bits per heavy atom. The fraction of sp³-hybridized carbons (Fsp3) is 0.143. The molecule has 3 aromatic rings. The van der Waals surface area contributed by atoms with Gasteiger partial charge >= 0.3 is 0 Å². The molecule has 0 radical (unpaired) electrons. The van der Waals surface area contributed by atoms with Crippen LogP contribution in [0.25, 0.3) is 0 Å². The van der Waals surface area contributed by atoms with Crippen molar-refractivity contribution in [2.45, 2.75) is 13.3 Å². The molecule has 118 valence electrons. The fourth-order valence-electron chi connectivity index (χ4n) is 1.75. The molecule has 0 aliphatic carbocycles. The van der Waals surface area contributed by atoms with Gasteiger partial charge < -0.3 is 5.32 Å². The Balaban J connectivity index is 1.56. The fourth-order valence-corrected chi connectivity index (χ4v) is 3.76. The van der Waals surface area contributed by atoms with Crippen LogP contribution in [0.4, 0.5) is 10.3 Å². The van der Waals surface area contributed by atoms with E-state index in [1.54, 1.807) is 17.6 Å². The van der Waals surface area contributed by atoms with Gasteiger partial charge in [0.25, 0.3) is 5.91 Å². The van der Waals surface area contributed by atoms with Crippen LogP contribution in [0.2, 0.25) is 0 Å². The minimum Gasteiger partial charge on any atom is -0.302 e. The molecule has 0 saturated heterocycles. The Morgan fingerprint density at radius 1 is 1.22 bits per heavy atom. The number of hydrogen-bond donors (Lipinski definition) is 2. The lowest BCUT2D eigenvalue weighted by Crippen LogP contribution is -2.14. The Morgan fingerprint density at radius 2 is 2.09 bits per heavy atom. The Hall–Kier alpha value is -2.10. The molecule has 9 heteroatoms. The standard InChI is InChI=1S/C14H12N4O2S3/c1-8-6-15-13(23-8)17-11(19)5-9-7-22-14(16-9)18-12(20)10-3-2-4-21-10/h2-4,6-7H,5H2,1H3,(H,15,17,19)(H,16,18,20). The number of hydrogen-bond acceptors (Lipinski definition) is 7. The lowest BCUT2D eigenvalue weighted by molar-refractivity contribution is -0.115. The summed E-state index contributed by atoms with van der Waals surface area (Å²) < 4.78 is 0. The van der Waals surface area contributed by atoms with Crippen LogP contribution in [0.15, 0.2) is 29.1 Å². The first kappa shape index (κ1) is 15.8. The first-order valence-electron chi connectivity index (χ1n) is 6.61. The minimum absolute atomic E-state index is 0.143. The zero-order chi connectivity index (χ0) is 16.2. The molecule has 0 fully saturated rings. The van der Waals surface area contributed by atoms with Gasteiger partial charge in [-0.3, -0.25) is 14.9 Å². The number of amides is 2. The van der Waals surface area contributed by atoms with Crippen molar-refractivity contribution >= 4 is 56.1 Å². The monoisotopic (exact) mass is 364 g/mol. The van der Waals surface area contributed by atoms with Crippen LogP contribution in [0.1, 0.15) is 20.2 Å². The number of anilines is 2. The van der Waals surface area contributed by atoms with Gasteiger partial charge in [-0.1, -0.05) is 6.07 Å². The van der Waals surface area contributed by atoms with E-state index in [1.807, 2.05) is 18.4 Å². The zero-order valence-electron chi connectivity index (χ0n) is 12.0. The molecular formula is C14H12N4O2S3. The van der Waals surface area contributed by atoms with E-state index in [-0.39, 0.29) is 18.2 Å². The van der Waals surface area contributed by atoms with Crippen LogP contribution in [0.3, 0.4) is 0 Å². The molecule has 0 aliphatic rings. The van der Waals surface area contributed by atoms with E-state index in [2.05, 4.69) is 20.6 Å². The molecule has 2 amide bonds. The van der Waals surface area contributed by atoms with Crippen molar-refractivity contribution in [1.82, 2.24) is 9.97 Å². The first-order valence-corrected chi connectivity index (χ1v) is 9.19. The maximum absolute atomic E-state index is 11.9. The highest BCUT2D eigenvalue weighted by Crippen LogP contribution is 2.20. The molecule has 0 aliphatic heterocycles. The summed E-state index contributed by atoms with van der Waals surface area (Å²) in [5.41, 5.74) is 0.613. The van der Waals surface area contributed by atoms with Crippen molar-refractivity contribution in [2.75, 3.05) is 10.6 Å². The Labute approximate surface area is 144 Å². The van der Waals surface area contributed by atoms with Crippen LogP contribution < -0.4 is 10.6 Å². The van der Waals surface area contributed by atoms with Crippen LogP contribution in [0, 0.1) is 6.92 Å². The van der Waals surface area contributed by atoms with Crippen LogP contribution in [0.5, 0.6) is 0 Å². The van der Waals surface area contributed by atoms with Gasteiger partial charge in [-0.25, -0.2) is 9.97 Å². The second-order valence-electron chi connectivity index (χ2n) is 4.58. The molecule has 3 rings (SSSR count). The number of rotatable bonds is 5. The van der Waals surface area contributed by atoms with E-state index in [0.717, 1.165) is 4.88 Å². The third-order valence-electron chi connectivity index (χ3n) is 2.73. The number of thiazole rings is 2. The number of thiophene rings is 1. The summed E-state index contributed by atoms with van der Waals surface area (Å²) in [6, 6.07) is 3.56. The smallest absolute Gasteiger partial charge is 0.267 e. The molecule has 23 heavy (non-hydrogen) atoms. The van der Waals surface area contributed by atoms with E-state index in [9.17, 15) is 9.59 Å². The molecule has 0 aromatic carbocycles. The molecule has 3 aromatic heterocycles. The third-order valence-corrected chi connectivity index (χ3v) is 5.23. The maximum atomic E-state index is 11.9. The van der Waals surface area contributed by atoms with Gasteiger partial charge in [-0.15, -0.1) is 34.0 Å². The highest BCUT2D eigenvalue weighted by Gasteiger charge is 2.12. The normalized spacial score (nSPS) is 10.5. The van der Waals surface area contributed by atoms with Crippen molar-refractivity contribution in [1.29, 1.82) is 0 Å². The van der Waals surface area contributed by atoms with Gasteiger partial charge in [0.2, 0.25) is 5.91 Å². The van der Waals surface area contributed by atoms with E-state index in [4.69, 9.17) is 0 Å². The molecule has 0 atom stereocenters. The molecular weight excluding hydrogens is 352 g/mol. The lowest BCUT2D eigenvalue weighted by atomic mass is 10.3. The van der Waals surface area contributed by atoms with Gasteiger partial charge in [0, 0.05) is 16.5 Å². The molecule has 0 unspecified atom stereocenters. The van der Waals surface area contributed by atoms with Crippen LogP contribution in [-0.4, -0.2) is 21.8 Å². The van der Waals surface area contributed by atoms with E-state index in [0.29, 0.717) is 20.8 Å². The van der Waals surface area contributed by atoms with Crippen LogP contribution >= 0.6 is 34.0 Å². The quantitative estimate of drug-likeness (QED) is 0.727. The van der Waals surface area contributed by atoms with E-state index < -0.39 is 0 Å². The molecule has 0 spiro atoms. The molecule has 0 saturated carbocycles. The number of aromatic nitrogens is 2. The van der Waals surface area contributed by atoms with Crippen molar-refractivity contribution in [2.24, 2.45) is 0 Å². The van der Waals surface area contributed by atoms with Gasteiger partial charge in [0.05, 0.1) is 17.0 Å². The molecule has 2 N–H and O–H groups in total. The second kappa shape index (κ2) is 6.99. The van der Waals surface area contributed by atoms with Gasteiger partial charge in [0.15, 0.2) is 10.3 Å². The third kappa shape index (κ3) is 4.21. The van der Waals surface area contributed by atoms with E-state index in [1.165, 1.54) is 34.0 Å². The molecule has 6 nitrogen and oxygen atoms in total. The first-order chi connectivity index (χ1) is 11.1. The summed E-state index contributed by atoms with van der Waals surface area (Å²) in [5.74, 6) is -0.371. The molecule has 0 bridgehead atoms. The summed E-state index contributed by atoms with van der Waals surface area (Å²) in [5, 5.41) is 10.1. The highest BCUT2D eigenvalue weighted by molar-refractivity contribution is 7.15. The zero-order valence-corrected chi connectivity index (χ0v) is 14.5. The van der Waals surface area contributed by atoms with Crippen molar-refractivity contribution < 1.29 is 9.59 Å². The SMILES string of the molecule is Cc1cnc(NC(=O)Cc2csc(NC(=O)c3cccs3)n2)s1. The number of nitrogens with one attached hydrogen (secondary N) is 2. The average molecular weight is 364 g/mol. The predicted molar refractivity (Wildman–Crippen MR) is 93.6 cm³/mol. The summed E-state index contributed by atoms with van der Waals surface area (Å²) in [6.07, 6.45) is 1.85. The van der Waals surface area contributed by atoms with Gasteiger partial charge in [-0.2, -0.15) is 0 Å². The summed E-state index contributed by atoms with van der Waals surface area (Å²) in [4.78, 5) is 33.9. The summed E-state index contributed by atoms with van der Waals surface area (Å²) in [7, 11) is 0. The maximum Gasteiger partial charge on any atom is 0.267 e. The van der Waals surface area contributed by atoms with Crippen molar-refractivity contribution in [3.63, 3.8) is 0 Å².